The van der Waals surface area contributed by atoms with Crippen molar-refractivity contribution in [3.05, 3.63) is 0 Å². The molecule has 0 aromatic heterocycles. The standard InChI is InChI=1S/C12H21NO5.C6H15N/c1-11(2,3)18-10(15)13-6-7-17-12(4,8-13)9(14)16-5;1-5(2)7-6(3)4/h6-8H2,1-5H3;5-7H,1-4H3. The number of ether oxygens (including phenoxy) is 3. The molecule has 1 saturated heterocycles. The molecule has 1 atom stereocenters. The summed E-state index contributed by atoms with van der Waals surface area (Å²) in [4.78, 5) is 25.0. The number of morpholine rings is 1. The Hall–Kier alpha value is -1.34. The van der Waals surface area contributed by atoms with E-state index in [2.05, 4.69) is 37.7 Å². The Bertz CT molecular complexity index is 426. The van der Waals surface area contributed by atoms with E-state index in [1.807, 2.05) is 0 Å². The number of rotatable bonds is 3. The average molecular weight is 360 g/mol. The van der Waals surface area contributed by atoms with Gasteiger partial charge in [0.15, 0.2) is 5.60 Å². The Kier molecular flexibility index (Phi) is 9.43. The van der Waals surface area contributed by atoms with Gasteiger partial charge in [-0.1, -0.05) is 27.7 Å². The Morgan fingerprint density at radius 1 is 1.16 bits per heavy atom. The molecule has 1 heterocycles. The fraction of sp³-hybridized carbons (Fsp3) is 0.889. The molecular formula is C18H36N2O5. The summed E-state index contributed by atoms with van der Waals surface area (Å²) >= 11 is 0. The van der Waals surface area contributed by atoms with Crippen molar-refractivity contribution < 1.29 is 23.8 Å². The van der Waals surface area contributed by atoms with E-state index < -0.39 is 23.3 Å². The zero-order valence-electron chi connectivity index (χ0n) is 17.3. The van der Waals surface area contributed by atoms with E-state index in [0.29, 0.717) is 18.6 Å². The van der Waals surface area contributed by atoms with Crippen molar-refractivity contribution in [3.8, 4) is 0 Å². The maximum Gasteiger partial charge on any atom is 0.410 e. The molecule has 0 bridgehead atoms. The topological polar surface area (TPSA) is 77.1 Å². The number of carbonyl (C=O) groups is 2. The van der Waals surface area contributed by atoms with Crippen LogP contribution in [-0.4, -0.2) is 67.1 Å². The third-order valence-electron chi connectivity index (χ3n) is 3.21. The van der Waals surface area contributed by atoms with Gasteiger partial charge in [0, 0.05) is 18.6 Å². The number of methoxy groups -OCH3 is 1. The normalized spacial score (nSPS) is 20.8. The van der Waals surface area contributed by atoms with Crippen LogP contribution in [0.2, 0.25) is 0 Å². The van der Waals surface area contributed by atoms with E-state index in [1.165, 1.54) is 12.0 Å². The number of nitrogens with one attached hydrogen (secondary N) is 1. The molecule has 0 aromatic rings. The van der Waals surface area contributed by atoms with Crippen LogP contribution in [0.15, 0.2) is 0 Å². The molecule has 7 heteroatoms. The predicted octanol–water partition coefficient (Wildman–Crippen LogP) is 2.58. The van der Waals surface area contributed by atoms with Crippen molar-refractivity contribution in [2.75, 3.05) is 26.8 Å². The highest BCUT2D eigenvalue weighted by atomic mass is 16.6. The molecule has 0 saturated carbocycles. The quantitative estimate of drug-likeness (QED) is 0.780. The first-order valence-electron chi connectivity index (χ1n) is 8.77. The van der Waals surface area contributed by atoms with Gasteiger partial charge < -0.3 is 24.4 Å². The lowest BCUT2D eigenvalue weighted by atomic mass is 10.1. The van der Waals surface area contributed by atoms with Crippen LogP contribution in [0.4, 0.5) is 4.79 Å². The lowest BCUT2D eigenvalue weighted by Crippen LogP contribution is -2.57. The molecule has 1 amide bonds. The van der Waals surface area contributed by atoms with Crippen molar-refractivity contribution in [2.24, 2.45) is 0 Å². The zero-order valence-corrected chi connectivity index (χ0v) is 17.3. The van der Waals surface area contributed by atoms with Crippen molar-refractivity contribution >= 4 is 12.1 Å². The summed E-state index contributed by atoms with van der Waals surface area (Å²) < 4.78 is 15.3. The predicted molar refractivity (Wildman–Crippen MR) is 97.6 cm³/mol. The highest BCUT2D eigenvalue weighted by molar-refractivity contribution is 5.80. The van der Waals surface area contributed by atoms with E-state index in [0.717, 1.165) is 0 Å². The van der Waals surface area contributed by atoms with Gasteiger partial charge in [0.05, 0.1) is 20.3 Å². The van der Waals surface area contributed by atoms with Crippen LogP contribution in [0.5, 0.6) is 0 Å². The average Bonchev–Trinajstić information content (AvgIpc) is 2.43. The number of amides is 1. The number of hydrogen-bond donors (Lipinski definition) is 1. The van der Waals surface area contributed by atoms with E-state index in [9.17, 15) is 9.59 Å². The van der Waals surface area contributed by atoms with Gasteiger partial charge >= 0.3 is 12.1 Å². The second kappa shape index (κ2) is 9.97. The molecule has 1 unspecified atom stereocenters. The van der Waals surface area contributed by atoms with Gasteiger partial charge in [0.1, 0.15) is 5.60 Å². The lowest BCUT2D eigenvalue weighted by molar-refractivity contribution is -0.176. The molecule has 0 spiro atoms. The van der Waals surface area contributed by atoms with Gasteiger partial charge in [0.25, 0.3) is 0 Å². The van der Waals surface area contributed by atoms with Gasteiger partial charge in [-0.15, -0.1) is 0 Å². The largest absolute Gasteiger partial charge is 0.467 e. The summed E-state index contributed by atoms with van der Waals surface area (Å²) in [6.07, 6.45) is -0.444. The van der Waals surface area contributed by atoms with Gasteiger partial charge in [-0.3, -0.25) is 0 Å². The zero-order chi connectivity index (χ0) is 19.8. The minimum absolute atomic E-state index is 0.134. The first-order chi connectivity index (χ1) is 11.3. The number of nitrogens with zero attached hydrogens (tertiary/aromatic N) is 1. The van der Waals surface area contributed by atoms with Crippen LogP contribution < -0.4 is 5.32 Å². The highest BCUT2D eigenvalue weighted by Gasteiger charge is 2.42. The highest BCUT2D eigenvalue weighted by Crippen LogP contribution is 2.21. The second-order valence-electron chi connectivity index (χ2n) is 7.95. The van der Waals surface area contributed by atoms with Crippen molar-refractivity contribution in [3.63, 3.8) is 0 Å². The van der Waals surface area contributed by atoms with Gasteiger partial charge in [-0.2, -0.15) is 0 Å². The molecule has 1 N–H and O–H groups in total. The fourth-order valence-corrected chi connectivity index (χ4v) is 2.36. The van der Waals surface area contributed by atoms with Crippen LogP contribution in [0.1, 0.15) is 55.4 Å². The molecule has 1 rings (SSSR count). The van der Waals surface area contributed by atoms with Crippen LogP contribution in [0, 0.1) is 0 Å². The Morgan fingerprint density at radius 2 is 1.68 bits per heavy atom. The third kappa shape index (κ3) is 9.65. The SMILES string of the molecule is CC(C)NC(C)C.COC(=O)C1(C)CN(C(=O)OC(C)(C)C)CCO1. The maximum atomic E-state index is 11.9. The van der Waals surface area contributed by atoms with Gasteiger partial charge in [-0.05, 0) is 27.7 Å². The Morgan fingerprint density at radius 3 is 2.04 bits per heavy atom. The summed E-state index contributed by atoms with van der Waals surface area (Å²) in [5.74, 6) is -0.490. The molecule has 0 radical (unpaired) electrons. The summed E-state index contributed by atoms with van der Waals surface area (Å²) in [6, 6.07) is 1.25. The van der Waals surface area contributed by atoms with Gasteiger partial charge in [0.2, 0.25) is 0 Å². The van der Waals surface area contributed by atoms with Crippen molar-refractivity contribution in [2.45, 2.75) is 78.7 Å². The second-order valence-corrected chi connectivity index (χ2v) is 7.95. The number of carbonyl (C=O) groups excluding carboxylic acids is 2. The Balaban J connectivity index is 0.000000697. The van der Waals surface area contributed by atoms with E-state index in [-0.39, 0.29) is 13.2 Å². The first kappa shape index (κ1) is 23.7. The number of esters is 1. The van der Waals surface area contributed by atoms with E-state index in [4.69, 9.17) is 9.47 Å². The molecule has 7 nitrogen and oxygen atoms in total. The number of hydrogen-bond acceptors (Lipinski definition) is 6. The third-order valence-corrected chi connectivity index (χ3v) is 3.21. The van der Waals surface area contributed by atoms with Crippen LogP contribution in [0.3, 0.4) is 0 Å². The fourth-order valence-electron chi connectivity index (χ4n) is 2.36. The molecule has 1 aliphatic rings. The minimum Gasteiger partial charge on any atom is -0.467 e. The summed E-state index contributed by atoms with van der Waals surface area (Å²) in [5.41, 5.74) is -1.68. The molecule has 25 heavy (non-hydrogen) atoms. The lowest BCUT2D eigenvalue weighted by Gasteiger charge is -2.38. The van der Waals surface area contributed by atoms with E-state index >= 15 is 0 Å². The monoisotopic (exact) mass is 360 g/mol. The van der Waals surface area contributed by atoms with Crippen LogP contribution in [-0.2, 0) is 19.0 Å². The molecular weight excluding hydrogens is 324 g/mol. The smallest absolute Gasteiger partial charge is 0.410 e. The molecule has 148 valence electrons. The maximum absolute atomic E-state index is 11.9. The van der Waals surface area contributed by atoms with Gasteiger partial charge in [-0.25, -0.2) is 9.59 Å². The molecule has 1 fully saturated rings. The first-order valence-corrected chi connectivity index (χ1v) is 8.77. The van der Waals surface area contributed by atoms with Crippen LogP contribution >= 0.6 is 0 Å². The minimum atomic E-state index is -1.12. The molecule has 1 aliphatic heterocycles. The van der Waals surface area contributed by atoms with E-state index in [1.54, 1.807) is 27.7 Å². The van der Waals surface area contributed by atoms with Crippen molar-refractivity contribution in [1.82, 2.24) is 10.2 Å². The van der Waals surface area contributed by atoms with Crippen LogP contribution in [0.25, 0.3) is 0 Å². The summed E-state index contributed by atoms with van der Waals surface area (Å²) in [6.45, 7) is 16.4. The van der Waals surface area contributed by atoms with Crippen molar-refractivity contribution in [1.29, 1.82) is 0 Å². The Labute approximate surface area is 152 Å². The summed E-state index contributed by atoms with van der Waals surface area (Å²) in [7, 11) is 1.30. The molecule has 0 aromatic carbocycles. The summed E-state index contributed by atoms with van der Waals surface area (Å²) in [5, 5.41) is 3.31. The molecule has 0 aliphatic carbocycles.